The number of imidazole rings is 1. The molecule has 0 fully saturated rings. The van der Waals surface area contributed by atoms with E-state index >= 15 is 0 Å². The first-order valence-electron chi connectivity index (χ1n) is 9.52. The molecular formula is C23H19FN4O2. The molecule has 30 heavy (non-hydrogen) atoms. The van der Waals surface area contributed by atoms with Gasteiger partial charge in [0.25, 0.3) is 0 Å². The summed E-state index contributed by atoms with van der Waals surface area (Å²) in [5.41, 5.74) is 3.28. The molecule has 0 unspecified atom stereocenters. The van der Waals surface area contributed by atoms with Gasteiger partial charge in [0.1, 0.15) is 11.3 Å². The molecular weight excluding hydrogens is 383 g/mol. The first-order chi connectivity index (χ1) is 14.5. The van der Waals surface area contributed by atoms with E-state index < -0.39 is 0 Å². The summed E-state index contributed by atoms with van der Waals surface area (Å²) in [7, 11) is 1.73. The molecule has 0 aliphatic carbocycles. The summed E-state index contributed by atoms with van der Waals surface area (Å²) in [6.45, 7) is 0.512. The molecule has 0 bridgehead atoms. The predicted octanol–water partition coefficient (Wildman–Crippen LogP) is 4.11. The molecule has 0 atom stereocenters. The highest BCUT2D eigenvalue weighted by atomic mass is 19.1. The summed E-state index contributed by atoms with van der Waals surface area (Å²) in [5, 5.41) is 23.3. The molecule has 5 aromatic rings. The minimum atomic E-state index is -0.269. The molecule has 0 amide bonds. The van der Waals surface area contributed by atoms with Gasteiger partial charge in [-0.25, -0.2) is 9.37 Å². The number of pyridine rings is 1. The van der Waals surface area contributed by atoms with Crippen LogP contribution in [-0.4, -0.2) is 29.3 Å². The average Bonchev–Trinajstić information content (AvgIpc) is 3.35. The summed E-state index contributed by atoms with van der Waals surface area (Å²) in [4.78, 5) is 8.63. The van der Waals surface area contributed by atoms with Crippen molar-refractivity contribution in [3.63, 3.8) is 0 Å². The van der Waals surface area contributed by atoms with Gasteiger partial charge in [-0.05, 0) is 41.3 Å². The highest BCUT2D eigenvalue weighted by molar-refractivity contribution is 6.09. The quantitative estimate of drug-likeness (QED) is 0.474. The second-order valence-corrected chi connectivity index (χ2v) is 7.46. The van der Waals surface area contributed by atoms with E-state index in [1.165, 1.54) is 12.1 Å². The number of aromatic nitrogens is 4. The van der Waals surface area contributed by atoms with Gasteiger partial charge in [0, 0.05) is 49.2 Å². The maximum atomic E-state index is 13.2. The van der Waals surface area contributed by atoms with E-state index in [4.69, 9.17) is 0 Å². The Hall–Kier alpha value is -3.87. The molecule has 0 saturated carbocycles. The Labute approximate surface area is 171 Å². The molecule has 3 aromatic heterocycles. The van der Waals surface area contributed by atoms with Gasteiger partial charge in [0.05, 0.1) is 11.7 Å². The van der Waals surface area contributed by atoms with E-state index in [0.717, 1.165) is 27.5 Å². The number of fused-ring (bicyclic) bond motifs is 2. The number of rotatable bonds is 4. The molecule has 5 rings (SSSR count). The fourth-order valence-corrected chi connectivity index (χ4v) is 3.94. The minimum absolute atomic E-state index is 0.00605. The van der Waals surface area contributed by atoms with Crippen molar-refractivity contribution in [2.75, 3.05) is 0 Å². The zero-order valence-corrected chi connectivity index (χ0v) is 16.2. The van der Waals surface area contributed by atoms with Crippen LogP contribution >= 0.6 is 0 Å². The molecule has 0 spiro atoms. The van der Waals surface area contributed by atoms with E-state index in [9.17, 15) is 14.6 Å². The van der Waals surface area contributed by atoms with E-state index in [-0.39, 0.29) is 17.4 Å². The molecule has 2 aromatic carbocycles. The van der Waals surface area contributed by atoms with E-state index in [1.54, 1.807) is 42.5 Å². The lowest BCUT2D eigenvalue weighted by Gasteiger charge is -2.13. The highest BCUT2D eigenvalue weighted by Crippen LogP contribution is 2.42. The Balaban J connectivity index is 1.72. The zero-order valence-electron chi connectivity index (χ0n) is 16.2. The third-order valence-corrected chi connectivity index (χ3v) is 5.43. The monoisotopic (exact) mass is 402 g/mol. The summed E-state index contributed by atoms with van der Waals surface area (Å²) in [6, 6.07) is 8.39. The maximum absolute atomic E-state index is 13.2. The van der Waals surface area contributed by atoms with Crippen LogP contribution in [0.25, 0.3) is 21.7 Å². The Morgan fingerprint density at radius 3 is 2.60 bits per heavy atom. The lowest BCUT2D eigenvalue weighted by atomic mass is 9.98. The number of nitrogens with zero attached hydrogens (tertiary/aromatic N) is 4. The Morgan fingerprint density at radius 2 is 1.87 bits per heavy atom. The molecule has 0 saturated heterocycles. The number of hydrogen-bond acceptors (Lipinski definition) is 4. The number of aryl methyl sites for hydroxylation is 1. The smallest absolute Gasteiger partial charge is 0.202 e. The molecule has 0 radical (unpaired) electrons. The summed E-state index contributed by atoms with van der Waals surface area (Å²) >= 11 is 0. The van der Waals surface area contributed by atoms with Gasteiger partial charge in [-0.3, -0.25) is 4.98 Å². The first kappa shape index (κ1) is 18.2. The fourth-order valence-electron chi connectivity index (χ4n) is 3.94. The van der Waals surface area contributed by atoms with Crippen LogP contribution in [-0.2, 0) is 20.0 Å². The molecule has 7 heteroatoms. The Morgan fingerprint density at radius 1 is 1.07 bits per heavy atom. The van der Waals surface area contributed by atoms with Crippen molar-refractivity contribution in [3.8, 4) is 11.6 Å². The summed E-state index contributed by atoms with van der Waals surface area (Å²) in [6.07, 6.45) is 9.40. The molecule has 150 valence electrons. The van der Waals surface area contributed by atoms with Crippen molar-refractivity contribution in [1.29, 1.82) is 0 Å². The zero-order chi connectivity index (χ0) is 20.8. The van der Waals surface area contributed by atoms with Crippen LogP contribution in [0.3, 0.4) is 0 Å². The second-order valence-electron chi connectivity index (χ2n) is 7.46. The van der Waals surface area contributed by atoms with E-state index in [1.807, 2.05) is 23.0 Å². The Kier molecular flexibility index (Phi) is 4.17. The Bertz CT molecular complexity index is 1370. The number of hydrogen-bond donors (Lipinski definition) is 2. The van der Waals surface area contributed by atoms with Crippen LogP contribution in [0, 0.1) is 5.82 Å². The SMILES string of the molecule is Cn1cc2c(Cn3ccnc3)c3cc(Cc4ccc(F)cc4)cnc3c(O)c2c1O. The largest absolute Gasteiger partial charge is 0.505 e. The van der Waals surface area contributed by atoms with Crippen LogP contribution in [0.15, 0.2) is 61.4 Å². The number of benzene rings is 2. The number of halogens is 1. The minimum Gasteiger partial charge on any atom is -0.505 e. The average molecular weight is 402 g/mol. The molecule has 0 aliphatic rings. The fraction of sp³-hybridized carbons (Fsp3) is 0.130. The van der Waals surface area contributed by atoms with Gasteiger partial charge >= 0.3 is 0 Å². The second kappa shape index (κ2) is 6.88. The van der Waals surface area contributed by atoms with Gasteiger partial charge in [0.15, 0.2) is 5.75 Å². The number of phenols is 1. The van der Waals surface area contributed by atoms with Crippen molar-refractivity contribution in [2.45, 2.75) is 13.0 Å². The molecule has 3 heterocycles. The predicted molar refractivity (Wildman–Crippen MR) is 112 cm³/mol. The van der Waals surface area contributed by atoms with Crippen LogP contribution in [0.4, 0.5) is 4.39 Å². The molecule has 0 aliphatic heterocycles. The van der Waals surface area contributed by atoms with Gasteiger partial charge in [-0.2, -0.15) is 0 Å². The molecule has 6 nitrogen and oxygen atoms in total. The van der Waals surface area contributed by atoms with Gasteiger partial charge in [-0.15, -0.1) is 0 Å². The van der Waals surface area contributed by atoms with Crippen LogP contribution in [0.2, 0.25) is 0 Å². The third kappa shape index (κ3) is 2.95. The van der Waals surface area contributed by atoms with Gasteiger partial charge in [-0.1, -0.05) is 12.1 Å². The number of aromatic hydroxyl groups is 2. The van der Waals surface area contributed by atoms with Crippen molar-refractivity contribution >= 4 is 21.7 Å². The van der Waals surface area contributed by atoms with Gasteiger partial charge in [0.2, 0.25) is 5.88 Å². The summed E-state index contributed by atoms with van der Waals surface area (Å²) < 4.78 is 16.7. The normalized spacial score (nSPS) is 11.5. The summed E-state index contributed by atoms with van der Waals surface area (Å²) in [5.74, 6) is -0.316. The van der Waals surface area contributed by atoms with E-state index in [0.29, 0.717) is 23.9 Å². The van der Waals surface area contributed by atoms with Crippen LogP contribution in [0.5, 0.6) is 11.6 Å². The lowest BCUT2D eigenvalue weighted by Crippen LogP contribution is -2.00. The standard InChI is InChI=1S/C23H19FN4O2/c1-27-11-19-18(12-28-7-6-25-13-28)17-9-15(8-14-2-4-16(24)5-3-14)10-26-21(17)22(29)20(19)23(27)30/h2-7,9-11,13,29-30H,8,12H2,1H3. The highest BCUT2D eigenvalue weighted by Gasteiger charge is 2.20. The lowest BCUT2D eigenvalue weighted by molar-refractivity contribution is 0.432. The maximum Gasteiger partial charge on any atom is 0.202 e. The first-order valence-corrected chi connectivity index (χ1v) is 9.52. The van der Waals surface area contributed by atoms with Crippen LogP contribution in [0.1, 0.15) is 16.7 Å². The van der Waals surface area contributed by atoms with E-state index in [2.05, 4.69) is 9.97 Å². The van der Waals surface area contributed by atoms with Gasteiger partial charge < -0.3 is 19.3 Å². The van der Waals surface area contributed by atoms with Crippen molar-refractivity contribution < 1.29 is 14.6 Å². The van der Waals surface area contributed by atoms with Crippen molar-refractivity contribution in [1.82, 2.24) is 19.1 Å². The molecule has 2 N–H and O–H groups in total. The van der Waals surface area contributed by atoms with Crippen LogP contribution < -0.4 is 0 Å². The van der Waals surface area contributed by atoms with Crippen molar-refractivity contribution in [2.24, 2.45) is 7.05 Å². The number of phenolic OH excluding ortho intramolecular Hbond substituents is 1. The van der Waals surface area contributed by atoms with Crippen molar-refractivity contribution in [3.05, 3.63) is 84.0 Å². The third-order valence-electron chi connectivity index (χ3n) is 5.43. The topological polar surface area (TPSA) is 76.1 Å².